The van der Waals surface area contributed by atoms with E-state index in [4.69, 9.17) is 17.3 Å². The van der Waals surface area contributed by atoms with Gasteiger partial charge in [0.25, 0.3) is 0 Å². The molecule has 1 aromatic heterocycles. The molecule has 1 heterocycles. The van der Waals surface area contributed by atoms with Gasteiger partial charge < -0.3 is 5.73 Å². The molecule has 0 saturated heterocycles. The Hall–Kier alpha value is -0.550. The molecule has 0 radical (unpaired) electrons. The van der Waals surface area contributed by atoms with Crippen molar-refractivity contribution in [3.05, 3.63) is 51.6 Å². The number of hydrogen-bond donors (Lipinski definition) is 1. The summed E-state index contributed by atoms with van der Waals surface area (Å²) < 4.78 is 0.982. The van der Waals surface area contributed by atoms with E-state index in [-0.39, 0.29) is 6.04 Å². The van der Waals surface area contributed by atoms with Gasteiger partial charge in [-0.25, -0.2) is 4.98 Å². The van der Waals surface area contributed by atoms with Crippen LogP contribution in [0.25, 0.3) is 0 Å². The van der Waals surface area contributed by atoms with Gasteiger partial charge in [0.2, 0.25) is 0 Å². The molecule has 2 aromatic rings. The highest BCUT2D eigenvalue weighted by molar-refractivity contribution is 9.10. The molecule has 0 spiro atoms. The third kappa shape index (κ3) is 4.21. The highest BCUT2D eigenvalue weighted by Crippen LogP contribution is 2.33. The minimum atomic E-state index is 0.112. The van der Waals surface area contributed by atoms with Gasteiger partial charge in [-0.05, 0) is 59.1 Å². The Bertz CT molecular complexity index is 575. The van der Waals surface area contributed by atoms with E-state index in [1.165, 1.54) is 0 Å². The molecular weight excluding hydrogens is 344 g/mol. The van der Waals surface area contributed by atoms with Gasteiger partial charge >= 0.3 is 0 Å². The van der Waals surface area contributed by atoms with Crippen LogP contribution in [0.3, 0.4) is 0 Å². The van der Waals surface area contributed by atoms with Crippen molar-refractivity contribution in [3.63, 3.8) is 0 Å². The maximum atomic E-state index is 6.28. The summed E-state index contributed by atoms with van der Waals surface area (Å²) in [6.07, 6.45) is 2.57. The highest BCUT2D eigenvalue weighted by Gasteiger charge is 2.07. The maximum absolute atomic E-state index is 6.28. The molecule has 2 N–H and O–H groups in total. The molecule has 0 aliphatic rings. The smallest absolute Gasteiger partial charge is 0.115 e. The topological polar surface area (TPSA) is 38.9 Å². The van der Waals surface area contributed by atoms with Crippen molar-refractivity contribution in [2.75, 3.05) is 0 Å². The first-order chi connectivity index (χ1) is 9.06. The molecule has 100 valence electrons. The molecule has 0 aliphatic heterocycles. The SMILES string of the molecule is CC(N)Cc1ccc(Sc2ncccc2Br)cc1Cl. The van der Waals surface area contributed by atoms with Crippen molar-refractivity contribution < 1.29 is 0 Å². The lowest BCUT2D eigenvalue weighted by Crippen LogP contribution is -2.17. The summed E-state index contributed by atoms with van der Waals surface area (Å²) >= 11 is 11.3. The number of halogens is 2. The number of benzene rings is 1. The first kappa shape index (κ1) is 14.9. The quantitative estimate of drug-likeness (QED) is 0.873. The van der Waals surface area contributed by atoms with Crippen LogP contribution in [0.1, 0.15) is 12.5 Å². The van der Waals surface area contributed by atoms with E-state index >= 15 is 0 Å². The van der Waals surface area contributed by atoms with E-state index in [1.807, 2.05) is 31.2 Å². The Kier molecular flexibility index (Phi) is 5.28. The Labute approximate surface area is 130 Å². The van der Waals surface area contributed by atoms with E-state index in [9.17, 15) is 0 Å². The average Bonchev–Trinajstić information content (AvgIpc) is 2.35. The lowest BCUT2D eigenvalue weighted by atomic mass is 10.1. The van der Waals surface area contributed by atoms with Gasteiger partial charge in [0.05, 0.1) is 4.47 Å². The Morgan fingerprint density at radius 1 is 1.42 bits per heavy atom. The van der Waals surface area contributed by atoms with Gasteiger partial charge in [-0.3, -0.25) is 0 Å². The monoisotopic (exact) mass is 356 g/mol. The summed E-state index contributed by atoms with van der Waals surface area (Å²) in [6.45, 7) is 1.98. The number of aromatic nitrogens is 1. The third-order valence-corrected chi connectivity index (χ3v) is 4.77. The second-order valence-electron chi connectivity index (χ2n) is 4.33. The summed E-state index contributed by atoms with van der Waals surface area (Å²) in [4.78, 5) is 5.39. The van der Waals surface area contributed by atoms with Crippen molar-refractivity contribution in [2.24, 2.45) is 5.73 Å². The van der Waals surface area contributed by atoms with Crippen LogP contribution in [0.4, 0.5) is 0 Å². The molecule has 0 aliphatic carbocycles. The van der Waals surface area contributed by atoms with Gasteiger partial charge in [-0.15, -0.1) is 0 Å². The third-order valence-electron chi connectivity index (χ3n) is 2.51. The van der Waals surface area contributed by atoms with Crippen molar-refractivity contribution in [1.82, 2.24) is 4.98 Å². The standard InChI is InChI=1S/C14H14BrClN2S/c1-9(17)7-10-4-5-11(8-13(10)16)19-14-12(15)3-2-6-18-14/h2-6,8-9H,7,17H2,1H3. The summed E-state index contributed by atoms with van der Waals surface area (Å²) in [5.41, 5.74) is 6.88. The van der Waals surface area contributed by atoms with Gasteiger partial charge in [0, 0.05) is 22.2 Å². The van der Waals surface area contributed by atoms with Crippen molar-refractivity contribution in [2.45, 2.75) is 29.3 Å². The fourth-order valence-corrected chi connectivity index (χ4v) is 3.30. The average molecular weight is 358 g/mol. The molecule has 2 nitrogen and oxygen atoms in total. The first-order valence-corrected chi connectivity index (χ1v) is 7.87. The normalized spacial score (nSPS) is 12.4. The number of nitrogens with two attached hydrogens (primary N) is 1. The highest BCUT2D eigenvalue weighted by atomic mass is 79.9. The Morgan fingerprint density at radius 3 is 2.84 bits per heavy atom. The van der Waals surface area contributed by atoms with Crippen LogP contribution >= 0.6 is 39.3 Å². The minimum Gasteiger partial charge on any atom is -0.328 e. The van der Waals surface area contributed by atoms with Crippen LogP contribution in [-0.4, -0.2) is 11.0 Å². The predicted octanol–water partition coefficient (Wildman–Crippen LogP) is 4.54. The minimum absolute atomic E-state index is 0.112. The lowest BCUT2D eigenvalue weighted by Gasteiger charge is -2.09. The van der Waals surface area contributed by atoms with Crippen LogP contribution in [0.2, 0.25) is 5.02 Å². The summed E-state index contributed by atoms with van der Waals surface area (Å²) in [7, 11) is 0. The largest absolute Gasteiger partial charge is 0.328 e. The van der Waals surface area contributed by atoms with Crippen molar-refractivity contribution in [1.29, 1.82) is 0 Å². The zero-order chi connectivity index (χ0) is 13.8. The fraction of sp³-hybridized carbons (Fsp3) is 0.214. The van der Waals surface area contributed by atoms with Gasteiger partial charge in [-0.2, -0.15) is 0 Å². The molecule has 1 atom stereocenters. The molecule has 0 saturated carbocycles. The van der Waals surface area contributed by atoms with E-state index < -0.39 is 0 Å². The van der Waals surface area contributed by atoms with Crippen LogP contribution in [0.15, 0.2) is 50.9 Å². The maximum Gasteiger partial charge on any atom is 0.115 e. The summed E-state index contributed by atoms with van der Waals surface area (Å²) in [5.74, 6) is 0. The second-order valence-corrected chi connectivity index (χ2v) is 6.65. The lowest BCUT2D eigenvalue weighted by molar-refractivity contribution is 0.738. The molecular formula is C14H14BrClN2S. The first-order valence-electron chi connectivity index (χ1n) is 5.88. The zero-order valence-electron chi connectivity index (χ0n) is 10.4. The Morgan fingerprint density at radius 2 is 2.21 bits per heavy atom. The molecule has 1 unspecified atom stereocenters. The molecule has 5 heteroatoms. The van der Waals surface area contributed by atoms with Crippen molar-refractivity contribution in [3.8, 4) is 0 Å². The van der Waals surface area contributed by atoms with E-state index in [0.717, 1.165) is 31.4 Å². The molecule has 0 fully saturated rings. The fourth-order valence-electron chi connectivity index (χ4n) is 1.66. The summed E-state index contributed by atoms with van der Waals surface area (Å²) in [6, 6.07) is 10.0. The predicted molar refractivity (Wildman–Crippen MR) is 84.9 cm³/mol. The van der Waals surface area contributed by atoms with Gasteiger partial charge in [0.15, 0.2) is 0 Å². The Balaban J connectivity index is 2.19. The van der Waals surface area contributed by atoms with Crippen LogP contribution in [0.5, 0.6) is 0 Å². The zero-order valence-corrected chi connectivity index (χ0v) is 13.6. The summed E-state index contributed by atoms with van der Waals surface area (Å²) in [5, 5.41) is 1.69. The van der Waals surface area contributed by atoms with E-state index in [1.54, 1.807) is 18.0 Å². The molecule has 0 bridgehead atoms. The van der Waals surface area contributed by atoms with Gasteiger partial charge in [0.1, 0.15) is 5.03 Å². The number of pyridine rings is 1. The second kappa shape index (κ2) is 6.75. The number of nitrogens with zero attached hydrogens (tertiary/aromatic N) is 1. The van der Waals surface area contributed by atoms with Crippen LogP contribution < -0.4 is 5.73 Å². The molecule has 19 heavy (non-hydrogen) atoms. The van der Waals surface area contributed by atoms with Crippen molar-refractivity contribution >= 4 is 39.3 Å². The number of hydrogen-bond acceptors (Lipinski definition) is 3. The van der Waals surface area contributed by atoms with Crippen LogP contribution in [0, 0.1) is 0 Å². The van der Waals surface area contributed by atoms with Gasteiger partial charge in [-0.1, -0.05) is 29.4 Å². The van der Waals surface area contributed by atoms with E-state index in [2.05, 4.69) is 27.0 Å². The number of rotatable bonds is 4. The molecule has 0 amide bonds. The molecule has 1 aromatic carbocycles. The van der Waals surface area contributed by atoms with Crippen LogP contribution in [-0.2, 0) is 6.42 Å². The molecule has 2 rings (SSSR count). The van der Waals surface area contributed by atoms with E-state index in [0.29, 0.717) is 0 Å².